The van der Waals surface area contributed by atoms with E-state index in [4.69, 9.17) is 4.74 Å². The lowest BCUT2D eigenvalue weighted by Gasteiger charge is -2.16. The first-order chi connectivity index (χ1) is 11.5. The van der Waals surface area contributed by atoms with Gasteiger partial charge in [0.15, 0.2) is 11.6 Å². The van der Waals surface area contributed by atoms with Crippen molar-refractivity contribution in [1.82, 2.24) is 10.3 Å². The number of carbonyl (C=O) groups excluding carboxylic acids is 1. The summed E-state index contributed by atoms with van der Waals surface area (Å²) in [6.07, 6.45) is 0.981. The molecule has 3 unspecified atom stereocenters. The minimum atomic E-state index is -0.615. The van der Waals surface area contributed by atoms with Gasteiger partial charge in [0.05, 0.1) is 12.8 Å². The topological polar surface area (TPSA) is 63.2 Å². The van der Waals surface area contributed by atoms with E-state index in [2.05, 4.69) is 15.6 Å². The quantitative estimate of drug-likeness (QED) is 0.887. The number of nitrogens with one attached hydrogen (secondary N) is 2. The number of anilines is 1. The smallest absolute Gasteiger partial charge is 0.320 e. The lowest BCUT2D eigenvalue weighted by atomic mass is 10.0. The Balaban J connectivity index is 1.47. The lowest BCUT2D eigenvalue weighted by Crippen LogP contribution is -2.32. The van der Waals surface area contributed by atoms with Crippen molar-refractivity contribution in [3.63, 3.8) is 0 Å². The minimum absolute atomic E-state index is 0.0823. The summed E-state index contributed by atoms with van der Waals surface area (Å²) >= 11 is 0. The molecule has 2 N–H and O–H groups in total. The standard InChI is InChI=1S/C16H12F3N3O2/c17-7-1-4-11(20-5-7)21-16(23)22-14-8-6-24-15-10(19)3-2-9(18)13(15)12(8)14/h1-5,8,12,14H,6H2,(H2,20,21,22,23). The van der Waals surface area contributed by atoms with E-state index in [-0.39, 0.29) is 41.6 Å². The fraction of sp³-hybridized carbons (Fsp3) is 0.250. The first-order valence-corrected chi connectivity index (χ1v) is 7.34. The van der Waals surface area contributed by atoms with Crippen LogP contribution in [0.1, 0.15) is 11.5 Å². The van der Waals surface area contributed by atoms with Crippen LogP contribution >= 0.6 is 0 Å². The molecule has 2 aromatic rings. The molecule has 1 aliphatic heterocycles. The summed E-state index contributed by atoms with van der Waals surface area (Å²) in [7, 11) is 0. The number of benzene rings is 1. The van der Waals surface area contributed by atoms with Gasteiger partial charge in [-0.25, -0.2) is 22.9 Å². The highest BCUT2D eigenvalue weighted by atomic mass is 19.1. The zero-order valence-electron chi connectivity index (χ0n) is 12.2. The summed E-state index contributed by atoms with van der Waals surface area (Å²) in [5.41, 5.74) is 0.163. The number of hydrogen-bond acceptors (Lipinski definition) is 3. The molecule has 1 aromatic carbocycles. The van der Waals surface area contributed by atoms with Gasteiger partial charge in [0.2, 0.25) is 0 Å². The van der Waals surface area contributed by atoms with E-state index in [0.717, 1.165) is 18.3 Å². The summed E-state index contributed by atoms with van der Waals surface area (Å²) in [5, 5.41) is 5.16. The Morgan fingerprint density at radius 1 is 1.17 bits per heavy atom. The summed E-state index contributed by atoms with van der Waals surface area (Å²) < 4.78 is 45.8. The number of carbonyl (C=O) groups is 1. The Bertz CT molecular complexity index is 813. The van der Waals surface area contributed by atoms with Crippen LogP contribution in [0, 0.1) is 23.4 Å². The van der Waals surface area contributed by atoms with E-state index in [1.54, 1.807) is 0 Å². The molecule has 24 heavy (non-hydrogen) atoms. The number of ether oxygens (including phenoxy) is 1. The molecule has 0 bridgehead atoms. The van der Waals surface area contributed by atoms with Gasteiger partial charge in [0, 0.05) is 23.4 Å². The fourth-order valence-electron chi connectivity index (χ4n) is 3.11. The van der Waals surface area contributed by atoms with Gasteiger partial charge in [-0.05, 0) is 24.3 Å². The molecule has 1 saturated carbocycles. The predicted octanol–water partition coefficient (Wildman–Crippen LogP) is 2.80. The highest BCUT2D eigenvalue weighted by molar-refractivity contribution is 5.88. The van der Waals surface area contributed by atoms with Gasteiger partial charge in [-0.15, -0.1) is 0 Å². The van der Waals surface area contributed by atoms with Crippen LogP contribution in [0.4, 0.5) is 23.8 Å². The Labute approximate surface area is 134 Å². The molecule has 1 aromatic heterocycles. The van der Waals surface area contributed by atoms with Gasteiger partial charge in [-0.3, -0.25) is 5.32 Å². The fourth-order valence-corrected chi connectivity index (χ4v) is 3.11. The molecule has 2 amide bonds. The third-order valence-electron chi connectivity index (χ3n) is 4.28. The number of urea groups is 1. The SMILES string of the molecule is O=C(Nc1ccc(F)cn1)NC1C2COc3c(F)ccc(F)c3C21. The average Bonchev–Trinajstić information content (AvgIpc) is 3.26. The van der Waals surface area contributed by atoms with E-state index in [1.165, 1.54) is 12.1 Å². The van der Waals surface area contributed by atoms with Crippen LogP contribution in [0.3, 0.4) is 0 Å². The molecule has 1 fully saturated rings. The van der Waals surface area contributed by atoms with Crippen molar-refractivity contribution >= 4 is 11.8 Å². The second-order valence-electron chi connectivity index (χ2n) is 5.76. The van der Waals surface area contributed by atoms with Gasteiger partial charge in [0.25, 0.3) is 0 Å². The molecule has 0 saturated heterocycles. The number of amides is 2. The van der Waals surface area contributed by atoms with E-state index >= 15 is 0 Å². The van der Waals surface area contributed by atoms with Gasteiger partial charge in [-0.1, -0.05) is 0 Å². The summed E-state index contributed by atoms with van der Waals surface area (Å²) in [4.78, 5) is 15.7. The van der Waals surface area contributed by atoms with Crippen molar-refractivity contribution in [3.05, 3.63) is 53.5 Å². The van der Waals surface area contributed by atoms with Crippen LogP contribution in [-0.4, -0.2) is 23.7 Å². The largest absolute Gasteiger partial charge is 0.490 e. The van der Waals surface area contributed by atoms with Crippen LogP contribution in [0.15, 0.2) is 30.5 Å². The van der Waals surface area contributed by atoms with E-state index < -0.39 is 23.5 Å². The van der Waals surface area contributed by atoms with Crippen LogP contribution in [0.5, 0.6) is 5.75 Å². The Hall–Kier alpha value is -2.77. The van der Waals surface area contributed by atoms with Gasteiger partial charge < -0.3 is 10.1 Å². The van der Waals surface area contributed by atoms with Crippen molar-refractivity contribution in [3.8, 4) is 5.75 Å². The maximum atomic E-state index is 14.0. The number of fused-ring (bicyclic) bond motifs is 3. The van der Waals surface area contributed by atoms with Crippen molar-refractivity contribution in [2.75, 3.05) is 11.9 Å². The third-order valence-corrected chi connectivity index (χ3v) is 4.28. The average molecular weight is 335 g/mol. The van der Waals surface area contributed by atoms with E-state index in [9.17, 15) is 18.0 Å². The van der Waals surface area contributed by atoms with Crippen molar-refractivity contribution in [2.45, 2.75) is 12.0 Å². The van der Waals surface area contributed by atoms with Gasteiger partial charge in [-0.2, -0.15) is 0 Å². The molecule has 2 aliphatic rings. The first kappa shape index (κ1) is 14.8. The van der Waals surface area contributed by atoms with Crippen LogP contribution in [0.2, 0.25) is 0 Å². The Morgan fingerprint density at radius 3 is 2.71 bits per heavy atom. The number of aromatic nitrogens is 1. The second kappa shape index (κ2) is 5.40. The van der Waals surface area contributed by atoms with Crippen LogP contribution in [0.25, 0.3) is 0 Å². The number of pyridine rings is 1. The maximum Gasteiger partial charge on any atom is 0.320 e. The molecule has 3 atom stereocenters. The van der Waals surface area contributed by atoms with E-state index in [1.807, 2.05) is 0 Å². The zero-order valence-corrected chi connectivity index (χ0v) is 12.2. The van der Waals surface area contributed by atoms with Gasteiger partial charge >= 0.3 is 6.03 Å². The molecule has 4 rings (SSSR count). The summed E-state index contributed by atoms with van der Waals surface area (Å²) in [6, 6.07) is 3.66. The second-order valence-corrected chi connectivity index (χ2v) is 5.76. The molecular formula is C16H12F3N3O2. The molecule has 124 valence electrons. The normalized spacial score (nSPS) is 23.5. The molecule has 5 nitrogen and oxygen atoms in total. The van der Waals surface area contributed by atoms with E-state index in [0.29, 0.717) is 0 Å². The number of nitrogens with zero attached hydrogens (tertiary/aromatic N) is 1. The van der Waals surface area contributed by atoms with Crippen LogP contribution in [-0.2, 0) is 0 Å². The Morgan fingerprint density at radius 2 is 1.96 bits per heavy atom. The lowest BCUT2D eigenvalue weighted by molar-refractivity contribution is 0.247. The minimum Gasteiger partial charge on any atom is -0.490 e. The molecular weight excluding hydrogens is 323 g/mol. The maximum absolute atomic E-state index is 14.0. The van der Waals surface area contributed by atoms with Crippen molar-refractivity contribution < 1.29 is 22.7 Å². The molecule has 8 heteroatoms. The molecule has 0 spiro atoms. The third kappa shape index (κ3) is 2.44. The summed E-state index contributed by atoms with van der Waals surface area (Å²) in [6.45, 7) is 0.206. The highest BCUT2D eigenvalue weighted by Crippen LogP contribution is 2.55. The number of rotatable bonds is 2. The summed E-state index contributed by atoms with van der Waals surface area (Å²) in [5.74, 6) is -2.01. The molecule has 1 aliphatic carbocycles. The number of hydrogen-bond donors (Lipinski definition) is 2. The Kier molecular flexibility index (Phi) is 3.33. The highest BCUT2D eigenvalue weighted by Gasteiger charge is 2.57. The monoisotopic (exact) mass is 335 g/mol. The van der Waals surface area contributed by atoms with Gasteiger partial charge in [0.1, 0.15) is 17.5 Å². The molecule has 2 heterocycles. The zero-order chi connectivity index (χ0) is 16.8. The molecule has 0 radical (unpaired) electrons. The van der Waals surface area contributed by atoms with Crippen LogP contribution < -0.4 is 15.4 Å². The van der Waals surface area contributed by atoms with Crippen molar-refractivity contribution in [1.29, 1.82) is 0 Å². The number of halogens is 3. The van der Waals surface area contributed by atoms with Crippen molar-refractivity contribution in [2.24, 2.45) is 5.92 Å². The first-order valence-electron chi connectivity index (χ1n) is 7.34. The predicted molar refractivity (Wildman–Crippen MR) is 78.2 cm³/mol.